The highest BCUT2D eigenvalue weighted by atomic mass is 19.1. The van der Waals surface area contributed by atoms with Crippen molar-refractivity contribution in [3.05, 3.63) is 60.7 Å². The van der Waals surface area contributed by atoms with Gasteiger partial charge in [0.15, 0.2) is 0 Å². The molecule has 0 heterocycles. The van der Waals surface area contributed by atoms with Gasteiger partial charge in [-0.2, -0.15) is 0 Å². The normalized spacial score (nSPS) is 12.0. The van der Waals surface area contributed by atoms with Gasteiger partial charge in [-0.1, -0.05) is 19.6 Å². The number of rotatable bonds is 14. The van der Waals surface area contributed by atoms with E-state index in [4.69, 9.17) is 5.84 Å². The van der Waals surface area contributed by atoms with Crippen molar-refractivity contribution in [2.24, 2.45) is 5.84 Å². The molecule has 1 rings (SSSR count). The summed E-state index contributed by atoms with van der Waals surface area (Å²) in [5.41, 5.74) is 4.92. The van der Waals surface area contributed by atoms with Crippen LogP contribution in [0, 0.1) is 5.82 Å². The highest BCUT2D eigenvalue weighted by molar-refractivity contribution is 5.83. The lowest BCUT2D eigenvalue weighted by atomic mass is 10.1. The molecule has 1 unspecified atom stereocenters. The Balaban J connectivity index is 2.90. The third-order valence-corrected chi connectivity index (χ3v) is 4.72. The number of hydrazine groups is 1. The summed E-state index contributed by atoms with van der Waals surface area (Å²) in [6.45, 7) is 12.8. The van der Waals surface area contributed by atoms with Crippen LogP contribution >= 0.6 is 0 Å². The minimum absolute atomic E-state index is 0.176. The van der Waals surface area contributed by atoms with Crippen LogP contribution in [0.5, 0.6) is 0 Å². The summed E-state index contributed by atoms with van der Waals surface area (Å²) in [5.74, 6) is 4.85. The molecule has 0 aliphatic carbocycles. The maximum absolute atomic E-state index is 14.8. The molecule has 0 aliphatic heterocycles. The van der Waals surface area contributed by atoms with Crippen molar-refractivity contribution in [3.63, 3.8) is 0 Å². The molecule has 7 nitrogen and oxygen atoms in total. The number of likely N-dealkylation sites (N-methyl/N-ethyl adjacent to an activating group) is 1. The van der Waals surface area contributed by atoms with E-state index in [0.717, 1.165) is 17.8 Å². The lowest BCUT2D eigenvalue weighted by Crippen LogP contribution is -2.41. The lowest BCUT2D eigenvalue weighted by Gasteiger charge is -2.24. The van der Waals surface area contributed by atoms with E-state index in [1.165, 1.54) is 6.07 Å². The molecule has 166 valence electrons. The molecule has 6 N–H and O–H groups in total. The van der Waals surface area contributed by atoms with Gasteiger partial charge in [0.25, 0.3) is 0 Å². The summed E-state index contributed by atoms with van der Waals surface area (Å²) in [4.78, 5) is 14.1. The Kier molecular flexibility index (Phi) is 11.1. The molecule has 1 amide bonds. The van der Waals surface area contributed by atoms with Crippen molar-refractivity contribution in [1.29, 1.82) is 0 Å². The van der Waals surface area contributed by atoms with E-state index in [9.17, 15) is 9.18 Å². The van der Waals surface area contributed by atoms with Gasteiger partial charge in [0.2, 0.25) is 5.91 Å². The number of benzene rings is 1. The van der Waals surface area contributed by atoms with Crippen molar-refractivity contribution in [3.8, 4) is 0 Å². The Morgan fingerprint density at radius 1 is 1.37 bits per heavy atom. The van der Waals surface area contributed by atoms with Crippen LogP contribution in [0.2, 0.25) is 0 Å². The smallest absolute Gasteiger partial charge is 0.242 e. The number of nitrogens with two attached hydrogens (primary N) is 1. The van der Waals surface area contributed by atoms with Gasteiger partial charge in [-0.3, -0.25) is 10.6 Å². The van der Waals surface area contributed by atoms with Crippen LogP contribution in [0.25, 0.3) is 5.70 Å². The van der Waals surface area contributed by atoms with Crippen LogP contribution in [0.15, 0.2) is 49.3 Å². The Morgan fingerprint density at radius 2 is 2.10 bits per heavy atom. The van der Waals surface area contributed by atoms with Crippen molar-refractivity contribution < 1.29 is 9.18 Å². The second-order valence-electron chi connectivity index (χ2n) is 6.71. The highest BCUT2D eigenvalue weighted by Crippen LogP contribution is 2.22. The number of halogens is 1. The molecular weight excluding hydrogens is 383 g/mol. The minimum atomic E-state index is -0.508. The Hall–Kier alpha value is -3.00. The van der Waals surface area contributed by atoms with E-state index >= 15 is 0 Å². The average Bonchev–Trinajstić information content (AvgIpc) is 2.76. The molecule has 0 fully saturated rings. The average molecular weight is 419 g/mol. The first-order chi connectivity index (χ1) is 14.4. The highest BCUT2D eigenvalue weighted by Gasteiger charge is 2.19. The predicted octanol–water partition coefficient (Wildman–Crippen LogP) is 2.55. The zero-order valence-corrected chi connectivity index (χ0v) is 18.2. The van der Waals surface area contributed by atoms with Crippen LogP contribution in [-0.2, 0) is 4.79 Å². The van der Waals surface area contributed by atoms with Gasteiger partial charge in [0, 0.05) is 42.4 Å². The molecule has 1 aromatic rings. The molecule has 0 spiro atoms. The molecule has 0 saturated carbocycles. The minimum Gasteiger partial charge on any atom is -0.374 e. The number of nitrogens with one attached hydrogen (secondary N) is 4. The Bertz CT molecular complexity index is 743. The van der Waals surface area contributed by atoms with Crippen molar-refractivity contribution in [1.82, 2.24) is 21.4 Å². The largest absolute Gasteiger partial charge is 0.374 e. The number of hydrogen-bond donors (Lipinski definition) is 5. The van der Waals surface area contributed by atoms with Crippen LogP contribution in [0.4, 0.5) is 10.1 Å². The van der Waals surface area contributed by atoms with Gasteiger partial charge in [-0.15, -0.1) is 6.58 Å². The molecule has 8 heteroatoms. The van der Waals surface area contributed by atoms with Gasteiger partial charge in [0.1, 0.15) is 11.9 Å². The fourth-order valence-electron chi connectivity index (χ4n) is 2.87. The first-order valence-corrected chi connectivity index (χ1v) is 10.1. The summed E-state index contributed by atoms with van der Waals surface area (Å²) < 4.78 is 14.8. The first-order valence-electron chi connectivity index (χ1n) is 10.1. The second kappa shape index (κ2) is 13.3. The Labute approximate surface area is 179 Å². The number of carbonyl (C=O) groups excluding carboxylic acids is 1. The number of carbonyl (C=O) groups is 1. The first kappa shape index (κ1) is 25.0. The van der Waals surface area contributed by atoms with Gasteiger partial charge in [-0.25, -0.2) is 4.39 Å². The van der Waals surface area contributed by atoms with E-state index in [-0.39, 0.29) is 5.91 Å². The van der Waals surface area contributed by atoms with Crippen LogP contribution in [0.1, 0.15) is 38.7 Å². The van der Waals surface area contributed by atoms with E-state index in [1.807, 2.05) is 24.8 Å². The van der Waals surface area contributed by atoms with E-state index < -0.39 is 11.9 Å². The zero-order chi connectivity index (χ0) is 22.5. The van der Waals surface area contributed by atoms with Gasteiger partial charge in [0.05, 0.1) is 6.67 Å². The molecular formula is C22H35FN6O. The maximum Gasteiger partial charge on any atom is 0.242 e. The summed E-state index contributed by atoms with van der Waals surface area (Å²) in [7, 11) is 1.57. The SMILES string of the molecule is C=CCCC(NC(=C)c1ccc(N(CC)CN/C=C(/CC)NN)cc1F)C(=O)NC. The van der Waals surface area contributed by atoms with Crippen molar-refractivity contribution >= 4 is 17.3 Å². The van der Waals surface area contributed by atoms with Crippen molar-refractivity contribution in [2.75, 3.05) is 25.2 Å². The number of amides is 1. The summed E-state index contributed by atoms with van der Waals surface area (Å²) in [6, 6.07) is 4.47. The fraction of sp³-hybridized carbons (Fsp3) is 0.409. The summed E-state index contributed by atoms with van der Waals surface area (Å²) in [6.07, 6.45) is 5.53. The van der Waals surface area contributed by atoms with E-state index in [2.05, 4.69) is 34.5 Å². The molecule has 0 bridgehead atoms. The van der Waals surface area contributed by atoms with E-state index in [1.54, 1.807) is 25.4 Å². The van der Waals surface area contributed by atoms with Crippen LogP contribution < -0.4 is 32.1 Å². The molecule has 1 atom stereocenters. The number of allylic oxidation sites excluding steroid dienone is 2. The monoisotopic (exact) mass is 418 g/mol. The Morgan fingerprint density at radius 3 is 2.63 bits per heavy atom. The summed E-state index contributed by atoms with van der Waals surface area (Å²) in [5, 5.41) is 8.82. The number of hydrogen-bond acceptors (Lipinski definition) is 6. The summed E-state index contributed by atoms with van der Waals surface area (Å²) >= 11 is 0. The standard InChI is InChI=1S/C22H35FN6O/c1-6-9-10-21(22(30)25-5)27-16(4)19-12-11-18(13-20(19)23)29(8-3)15-26-14-17(7-2)28-24/h6,11-14,21,26-28H,1,4,7-10,15,24H2,2-3,5H3,(H,25,30)/b17-14-. The number of nitrogens with zero attached hydrogens (tertiary/aromatic N) is 1. The van der Waals surface area contributed by atoms with Gasteiger partial charge >= 0.3 is 0 Å². The predicted molar refractivity (Wildman–Crippen MR) is 123 cm³/mol. The lowest BCUT2D eigenvalue weighted by molar-refractivity contribution is -0.122. The molecule has 0 aliphatic rings. The van der Waals surface area contributed by atoms with Gasteiger partial charge < -0.3 is 26.3 Å². The zero-order valence-electron chi connectivity index (χ0n) is 18.2. The molecule has 0 aromatic heterocycles. The number of anilines is 1. The fourth-order valence-corrected chi connectivity index (χ4v) is 2.87. The third kappa shape index (κ3) is 7.44. The maximum atomic E-state index is 14.8. The molecule has 1 aromatic carbocycles. The quantitative estimate of drug-likeness (QED) is 0.138. The molecule has 30 heavy (non-hydrogen) atoms. The van der Waals surface area contributed by atoms with Crippen molar-refractivity contribution in [2.45, 2.75) is 39.2 Å². The third-order valence-electron chi connectivity index (χ3n) is 4.72. The molecule has 0 saturated heterocycles. The van der Waals surface area contributed by atoms with E-state index in [0.29, 0.717) is 37.3 Å². The van der Waals surface area contributed by atoms with Crippen LogP contribution in [0.3, 0.4) is 0 Å². The van der Waals surface area contributed by atoms with Crippen LogP contribution in [-0.4, -0.2) is 32.2 Å². The van der Waals surface area contributed by atoms with Gasteiger partial charge in [-0.05, 0) is 44.4 Å². The molecule has 0 radical (unpaired) electrons. The topological polar surface area (TPSA) is 94.4 Å². The second-order valence-corrected chi connectivity index (χ2v) is 6.71.